The van der Waals surface area contributed by atoms with E-state index in [1.165, 1.54) is 0 Å². The third-order valence-corrected chi connectivity index (χ3v) is 2.32. The second kappa shape index (κ2) is 4.56. The fourth-order valence-corrected chi connectivity index (χ4v) is 1.59. The van der Waals surface area contributed by atoms with Gasteiger partial charge in [0.25, 0.3) is 5.95 Å². The molecular formula is C11H12N6. The minimum atomic E-state index is 0.0477. The van der Waals surface area contributed by atoms with E-state index in [9.17, 15) is 0 Å². The highest BCUT2D eigenvalue weighted by Gasteiger charge is 2.12. The van der Waals surface area contributed by atoms with E-state index in [0.717, 1.165) is 11.1 Å². The summed E-state index contributed by atoms with van der Waals surface area (Å²) in [6.45, 7) is 0. The monoisotopic (exact) mass is 228 g/mol. The maximum atomic E-state index is 6.90. The first-order chi connectivity index (χ1) is 8.26. The largest absolute Gasteiger partial charge is 0.383 e. The van der Waals surface area contributed by atoms with Gasteiger partial charge in [-0.2, -0.15) is 9.97 Å². The predicted octanol–water partition coefficient (Wildman–Crippen LogP) is 2.43. The summed E-state index contributed by atoms with van der Waals surface area (Å²) in [6.07, 6.45) is 0. The van der Waals surface area contributed by atoms with Crippen molar-refractivity contribution in [2.75, 3.05) is 18.1 Å². The minimum absolute atomic E-state index is 0.0477. The summed E-state index contributed by atoms with van der Waals surface area (Å²) in [5.41, 5.74) is 14.4. The van der Waals surface area contributed by atoms with Gasteiger partial charge in [-0.15, -0.1) is 5.11 Å². The molecule has 0 unspecified atom stereocenters. The van der Waals surface area contributed by atoms with Gasteiger partial charge in [-0.05, 0) is 5.56 Å². The molecule has 86 valence electrons. The van der Waals surface area contributed by atoms with Gasteiger partial charge in [0.05, 0.1) is 5.56 Å². The minimum Gasteiger partial charge on any atom is -0.383 e. The second-order valence-electron chi connectivity index (χ2n) is 3.36. The van der Waals surface area contributed by atoms with E-state index in [0.29, 0.717) is 11.6 Å². The Morgan fingerprint density at radius 2 is 1.94 bits per heavy atom. The molecule has 17 heavy (non-hydrogen) atoms. The number of anilines is 2. The normalized spacial score (nSPS) is 9.94. The number of nitrogens with zero attached hydrogens (tertiary/aromatic N) is 3. The molecule has 0 saturated heterocycles. The van der Waals surface area contributed by atoms with Crippen molar-refractivity contribution in [3.8, 4) is 11.1 Å². The highest BCUT2D eigenvalue weighted by atomic mass is 15.2. The lowest BCUT2D eigenvalue weighted by Gasteiger charge is -2.10. The highest BCUT2D eigenvalue weighted by Crippen LogP contribution is 2.32. The summed E-state index contributed by atoms with van der Waals surface area (Å²) in [7, 11) is 1.74. The van der Waals surface area contributed by atoms with Crippen molar-refractivity contribution >= 4 is 17.6 Å². The molecular weight excluding hydrogens is 216 g/mol. The SMILES string of the molecule is CNc1nc(N=N)nc(N)c1-c1ccccc1. The fourth-order valence-electron chi connectivity index (χ4n) is 1.59. The van der Waals surface area contributed by atoms with Crippen molar-refractivity contribution in [1.29, 1.82) is 5.53 Å². The lowest BCUT2D eigenvalue weighted by molar-refractivity contribution is 1.03. The van der Waals surface area contributed by atoms with Crippen LogP contribution in [0.1, 0.15) is 0 Å². The number of hydrogen-bond donors (Lipinski definition) is 3. The lowest BCUT2D eigenvalue weighted by atomic mass is 10.1. The Kier molecular flexibility index (Phi) is 2.95. The molecule has 0 aliphatic heterocycles. The van der Waals surface area contributed by atoms with Gasteiger partial charge in [0.2, 0.25) is 0 Å². The molecule has 6 heteroatoms. The van der Waals surface area contributed by atoms with Crippen LogP contribution in [0, 0.1) is 5.53 Å². The summed E-state index contributed by atoms with van der Waals surface area (Å²) < 4.78 is 0. The van der Waals surface area contributed by atoms with E-state index < -0.39 is 0 Å². The molecule has 0 atom stereocenters. The Balaban J connectivity index is 2.65. The first kappa shape index (κ1) is 11.0. The van der Waals surface area contributed by atoms with Crippen LogP contribution in [-0.4, -0.2) is 17.0 Å². The predicted molar refractivity (Wildman–Crippen MR) is 66.2 cm³/mol. The number of aromatic nitrogens is 2. The van der Waals surface area contributed by atoms with Crippen molar-refractivity contribution in [2.45, 2.75) is 0 Å². The van der Waals surface area contributed by atoms with Crippen molar-refractivity contribution in [1.82, 2.24) is 9.97 Å². The fraction of sp³-hybridized carbons (Fsp3) is 0.0909. The quantitative estimate of drug-likeness (QED) is 0.702. The van der Waals surface area contributed by atoms with Crippen LogP contribution in [0.15, 0.2) is 35.4 Å². The topological polar surface area (TPSA) is 100 Å². The van der Waals surface area contributed by atoms with Gasteiger partial charge in [0, 0.05) is 7.05 Å². The number of nitrogen functional groups attached to an aromatic ring is 1. The molecule has 0 aliphatic carbocycles. The Labute approximate surface area is 98.4 Å². The van der Waals surface area contributed by atoms with Crippen molar-refractivity contribution in [2.24, 2.45) is 5.11 Å². The molecule has 1 aromatic heterocycles. The van der Waals surface area contributed by atoms with Crippen LogP contribution in [0.3, 0.4) is 0 Å². The zero-order chi connectivity index (χ0) is 12.3. The van der Waals surface area contributed by atoms with E-state index in [4.69, 9.17) is 11.3 Å². The first-order valence-electron chi connectivity index (χ1n) is 5.04. The van der Waals surface area contributed by atoms with Crippen LogP contribution in [-0.2, 0) is 0 Å². The second-order valence-corrected chi connectivity index (χ2v) is 3.36. The number of rotatable bonds is 3. The van der Waals surface area contributed by atoms with E-state index in [1.54, 1.807) is 7.05 Å². The van der Waals surface area contributed by atoms with Gasteiger partial charge in [-0.25, -0.2) is 5.53 Å². The molecule has 0 fully saturated rings. The summed E-state index contributed by atoms with van der Waals surface area (Å²) in [5.74, 6) is 0.919. The molecule has 0 spiro atoms. The lowest BCUT2D eigenvalue weighted by Crippen LogP contribution is -2.02. The Bertz CT molecular complexity index is 537. The molecule has 4 N–H and O–H groups in total. The summed E-state index contributed by atoms with van der Waals surface area (Å²) >= 11 is 0. The van der Waals surface area contributed by atoms with E-state index >= 15 is 0 Å². The third-order valence-electron chi connectivity index (χ3n) is 2.32. The molecule has 1 heterocycles. The number of nitrogens with one attached hydrogen (secondary N) is 2. The summed E-state index contributed by atoms with van der Waals surface area (Å²) in [6, 6.07) is 9.60. The molecule has 0 aliphatic rings. The maximum Gasteiger partial charge on any atom is 0.272 e. The molecule has 0 bridgehead atoms. The zero-order valence-electron chi connectivity index (χ0n) is 9.31. The van der Waals surface area contributed by atoms with Gasteiger partial charge in [-0.3, -0.25) is 0 Å². The van der Waals surface area contributed by atoms with E-state index in [2.05, 4.69) is 20.4 Å². The molecule has 2 aromatic rings. The number of benzene rings is 1. The standard InChI is InChI=1S/C11H12N6/c1-14-10-8(7-5-3-2-4-6-7)9(12)15-11(16-10)17-13/h2-6,13H,1H3,(H3,12,14,15,16). The van der Waals surface area contributed by atoms with Crippen molar-refractivity contribution in [3.63, 3.8) is 0 Å². The zero-order valence-corrected chi connectivity index (χ0v) is 9.31. The van der Waals surface area contributed by atoms with Gasteiger partial charge >= 0.3 is 0 Å². The number of nitrogens with two attached hydrogens (primary N) is 1. The molecule has 0 saturated carbocycles. The average molecular weight is 228 g/mol. The summed E-state index contributed by atoms with van der Waals surface area (Å²) in [4.78, 5) is 8.04. The molecule has 2 rings (SSSR count). The third kappa shape index (κ3) is 2.05. The molecule has 1 aromatic carbocycles. The number of hydrogen-bond acceptors (Lipinski definition) is 6. The van der Waals surface area contributed by atoms with Crippen LogP contribution in [0.5, 0.6) is 0 Å². The average Bonchev–Trinajstić information content (AvgIpc) is 2.38. The maximum absolute atomic E-state index is 6.90. The van der Waals surface area contributed by atoms with Crippen LogP contribution in [0.2, 0.25) is 0 Å². The highest BCUT2D eigenvalue weighted by molar-refractivity contribution is 5.84. The Hall–Kier alpha value is -2.50. The Morgan fingerprint density at radius 3 is 2.53 bits per heavy atom. The van der Waals surface area contributed by atoms with Crippen LogP contribution in [0.25, 0.3) is 11.1 Å². The van der Waals surface area contributed by atoms with Crippen molar-refractivity contribution in [3.05, 3.63) is 30.3 Å². The molecule has 0 radical (unpaired) electrons. The van der Waals surface area contributed by atoms with E-state index in [-0.39, 0.29) is 5.95 Å². The van der Waals surface area contributed by atoms with Crippen LogP contribution < -0.4 is 11.1 Å². The van der Waals surface area contributed by atoms with Crippen molar-refractivity contribution < 1.29 is 0 Å². The molecule has 6 nitrogen and oxygen atoms in total. The smallest absolute Gasteiger partial charge is 0.272 e. The van der Waals surface area contributed by atoms with Crippen LogP contribution >= 0.6 is 0 Å². The van der Waals surface area contributed by atoms with E-state index in [1.807, 2.05) is 30.3 Å². The van der Waals surface area contributed by atoms with Gasteiger partial charge in [0.15, 0.2) is 0 Å². The van der Waals surface area contributed by atoms with Gasteiger partial charge < -0.3 is 11.1 Å². The van der Waals surface area contributed by atoms with Gasteiger partial charge in [-0.1, -0.05) is 30.3 Å². The summed E-state index contributed by atoms with van der Waals surface area (Å²) in [5, 5.41) is 6.12. The van der Waals surface area contributed by atoms with Gasteiger partial charge in [0.1, 0.15) is 11.6 Å². The van der Waals surface area contributed by atoms with Crippen LogP contribution in [0.4, 0.5) is 17.6 Å². The molecule has 0 amide bonds. The Morgan fingerprint density at radius 1 is 1.24 bits per heavy atom. The first-order valence-corrected chi connectivity index (χ1v) is 5.04.